The van der Waals surface area contributed by atoms with E-state index in [2.05, 4.69) is 10.4 Å². The number of halogens is 3. The van der Waals surface area contributed by atoms with Crippen molar-refractivity contribution in [2.24, 2.45) is 0 Å². The van der Waals surface area contributed by atoms with Gasteiger partial charge in [-0.1, -0.05) is 30.3 Å². The van der Waals surface area contributed by atoms with Crippen molar-refractivity contribution in [1.29, 1.82) is 0 Å². The zero-order valence-corrected chi connectivity index (χ0v) is 13.4. The highest BCUT2D eigenvalue weighted by atomic mass is 19.4. The lowest BCUT2D eigenvalue weighted by molar-refractivity contribution is -0.141. The summed E-state index contributed by atoms with van der Waals surface area (Å²) in [5, 5.41) is 16.5. The molecule has 2 rings (SSSR count). The maximum Gasteiger partial charge on any atom is 0.433 e. The van der Waals surface area contributed by atoms with Gasteiger partial charge in [-0.15, -0.1) is 0 Å². The third-order valence-electron chi connectivity index (χ3n) is 3.51. The average molecular weight is 371 g/mol. The summed E-state index contributed by atoms with van der Waals surface area (Å²) in [6, 6.07) is 7.34. The second-order valence-electron chi connectivity index (χ2n) is 5.40. The van der Waals surface area contributed by atoms with Crippen LogP contribution in [0.2, 0.25) is 0 Å². The Labute approximate surface area is 146 Å². The molecule has 140 valence electrons. The number of rotatable bonds is 7. The zero-order valence-electron chi connectivity index (χ0n) is 13.4. The fourth-order valence-corrected chi connectivity index (χ4v) is 2.21. The molecule has 1 heterocycles. The van der Waals surface area contributed by atoms with E-state index in [-0.39, 0.29) is 25.0 Å². The quantitative estimate of drug-likeness (QED) is 0.694. The molecule has 2 aromatic rings. The van der Waals surface area contributed by atoms with Crippen molar-refractivity contribution in [3.05, 3.63) is 53.3 Å². The number of aryl methyl sites for hydroxylation is 1. The van der Waals surface area contributed by atoms with E-state index in [1.54, 1.807) is 30.3 Å². The number of hydrogen-bond acceptors (Lipinski definition) is 4. The monoisotopic (exact) mass is 371 g/mol. The molecule has 0 aliphatic rings. The van der Waals surface area contributed by atoms with Crippen LogP contribution in [0, 0.1) is 0 Å². The molecule has 0 fully saturated rings. The van der Waals surface area contributed by atoms with Gasteiger partial charge in [0, 0.05) is 5.56 Å². The minimum atomic E-state index is -4.62. The van der Waals surface area contributed by atoms with Gasteiger partial charge in [0.25, 0.3) is 0 Å². The van der Waals surface area contributed by atoms with E-state index in [9.17, 15) is 22.8 Å². The lowest BCUT2D eigenvalue weighted by Gasteiger charge is -2.15. The van der Waals surface area contributed by atoms with Crippen molar-refractivity contribution >= 4 is 12.1 Å². The number of carboxylic acid groups (broad SMARTS) is 1. The highest BCUT2D eigenvalue weighted by molar-refractivity contribution is 5.79. The second-order valence-corrected chi connectivity index (χ2v) is 5.40. The van der Waals surface area contributed by atoms with Gasteiger partial charge in [0.05, 0.1) is 6.20 Å². The molecule has 1 atom stereocenters. The van der Waals surface area contributed by atoms with Crippen LogP contribution in [0.3, 0.4) is 0 Å². The average Bonchev–Trinajstić information content (AvgIpc) is 3.06. The summed E-state index contributed by atoms with van der Waals surface area (Å²) in [5.74, 6) is -1.38. The molecule has 1 unspecified atom stereocenters. The Bertz CT molecular complexity index is 747. The highest BCUT2D eigenvalue weighted by Gasteiger charge is 2.35. The van der Waals surface area contributed by atoms with Crippen molar-refractivity contribution in [3.8, 4) is 0 Å². The van der Waals surface area contributed by atoms with Gasteiger partial charge < -0.3 is 15.2 Å². The molecule has 3 N–H and O–H groups in total. The van der Waals surface area contributed by atoms with Gasteiger partial charge in [-0.3, -0.25) is 5.10 Å². The molecule has 0 spiro atoms. The predicted octanol–water partition coefficient (Wildman–Crippen LogP) is 2.74. The van der Waals surface area contributed by atoms with Crippen molar-refractivity contribution in [2.45, 2.75) is 31.7 Å². The molecule has 1 amide bonds. The molecule has 7 nitrogen and oxygen atoms in total. The van der Waals surface area contributed by atoms with Crippen LogP contribution in [-0.4, -0.2) is 33.4 Å². The van der Waals surface area contributed by atoms with Crippen LogP contribution >= 0.6 is 0 Å². The molecule has 0 saturated heterocycles. The summed E-state index contributed by atoms with van der Waals surface area (Å²) in [5.41, 5.74) is -0.501. The number of hydrogen-bond donors (Lipinski definition) is 3. The molecule has 0 bridgehead atoms. The number of nitrogens with one attached hydrogen (secondary N) is 2. The van der Waals surface area contributed by atoms with Crippen LogP contribution in [0.25, 0.3) is 0 Å². The number of nitrogens with zero attached hydrogens (tertiary/aromatic N) is 1. The van der Waals surface area contributed by atoms with Crippen molar-refractivity contribution in [3.63, 3.8) is 0 Å². The smallest absolute Gasteiger partial charge is 0.433 e. The number of carbonyl (C=O) groups excluding carboxylic acids is 1. The number of aromatic nitrogens is 2. The third-order valence-corrected chi connectivity index (χ3v) is 3.51. The summed E-state index contributed by atoms with van der Waals surface area (Å²) < 4.78 is 43.2. The molecule has 26 heavy (non-hydrogen) atoms. The number of alkyl halides is 3. The fraction of sp³-hybridized carbons (Fsp3) is 0.312. The summed E-state index contributed by atoms with van der Waals surface area (Å²) in [7, 11) is 0. The Morgan fingerprint density at radius 3 is 2.58 bits per heavy atom. The van der Waals surface area contributed by atoms with Crippen molar-refractivity contribution in [2.75, 3.05) is 0 Å². The highest BCUT2D eigenvalue weighted by Crippen LogP contribution is 2.30. The van der Waals surface area contributed by atoms with Crippen LogP contribution in [0.15, 0.2) is 36.5 Å². The topological polar surface area (TPSA) is 104 Å². The Morgan fingerprint density at radius 2 is 1.96 bits per heavy atom. The van der Waals surface area contributed by atoms with E-state index in [1.807, 2.05) is 5.10 Å². The Kier molecular flexibility index (Phi) is 6.21. The maximum absolute atomic E-state index is 12.8. The fourth-order valence-electron chi connectivity index (χ4n) is 2.21. The normalized spacial score (nSPS) is 12.4. The van der Waals surface area contributed by atoms with Gasteiger partial charge in [-0.05, 0) is 18.4 Å². The number of carboxylic acids is 1. The van der Waals surface area contributed by atoms with Crippen LogP contribution in [0.1, 0.15) is 23.2 Å². The van der Waals surface area contributed by atoms with Gasteiger partial charge >= 0.3 is 18.2 Å². The standard InChI is InChI=1S/C16H16F3N3O4/c17-16(18,19)13-11(8-20-22-13)6-7-12(14(23)24)21-15(25)26-9-10-4-2-1-3-5-10/h1-5,8,12H,6-7,9H2,(H,20,22)(H,21,25)(H,23,24). The minimum absolute atomic E-state index is 0.0566. The van der Waals surface area contributed by atoms with Gasteiger partial charge in [0.2, 0.25) is 0 Å². The van der Waals surface area contributed by atoms with Crippen LogP contribution in [-0.2, 0) is 28.7 Å². The van der Waals surface area contributed by atoms with Crippen molar-refractivity contribution < 1.29 is 32.6 Å². The molecular weight excluding hydrogens is 355 g/mol. The minimum Gasteiger partial charge on any atom is -0.480 e. The number of aromatic amines is 1. The maximum atomic E-state index is 12.8. The number of alkyl carbamates (subject to hydrolysis) is 1. The second kappa shape index (κ2) is 8.37. The zero-order chi connectivity index (χ0) is 19.2. The first-order valence-corrected chi connectivity index (χ1v) is 7.57. The third kappa shape index (κ3) is 5.50. The molecule has 1 aromatic heterocycles. The Balaban J connectivity index is 1.90. The van der Waals surface area contributed by atoms with Crippen LogP contribution < -0.4 is 5.32 Å². The molecule has 0 aliphatic carbocycles. The summed E-state index contributed by atoms with van der Waals surface area (Å²) in [6.07, 6.45) is -5.09. The first-order chi connectivity index (χ1) is 12.3. The molecule has 0 aliphatic heterocycles. The number of benzene rings is 1. The van der Waals surface area contributed by atoms with E-state index in [0.29, 0.717) is 5.56 Å². The summed E-state index contributed by atoms with van der Waals surface area (Å²) >= 11 is 0. The van der Waals surface area contributed by atoms with Crippen LogP contribution in [0.5, 0.6) is 0 Å². The summed E-state index contributed by atoms with van der Waals surface area (Å²) in [4.78, 5) is 23.0. The van der Waals surface area contributed by atoms with Gasteiger partial charge in [-0.2, -0.15) is 18.3 Å². The van der Waals surface area contributed by atoms with E-state index in [1.165, 1.54) is 0 Å². The molecule has 0 saturated carbocycles. The van der Waals surface area contributed by atoms with Gasteiger partial charge in [0.1, 0.15) is 18.3 Å². The number of aliphatic carboxylic acids is 1. The molecule has 1 aromatic carbocycles. The number of carbonyl (C=O) groups is 2. The van der Waals surface area contributed by atoms with Gasteiger partial charge in [-0.25, -0.2) is 9.59 Å². The van der Waals surface area contributed by atoms with E-state index in [0.717, 1.165) is 6.20 Å². The van der Waals surface area contributed by atoms with Crippen molar-refractivity contribution in [1.82, 2.24) is 15.5 Å². The number of amides is 1. The SMILES string of the molecule is O=C(NC(CCc1cn[nH]c1C(F)(F)F)C(=O)O)OCc1ccccc1. The Hall–Kier alpha value is -3.04. The van der Waals surface area contributed by atoms with E-state index < -0.39 is 30.0 Å². The molecular formula is C16H16F3N3O4. The lowest BCUT2D eigenvalue weighted by Crippen LogP contribution is -2.41. The first-order valence-electron chi connectivity index (χ1n) is 7.57. The van der Waals surface area contributed by atoms with Gasteiger partial charge in [0.15, 0.2) is 0 Å². The molecule has 10 heteroatoms. The lowest BCUT2D eigenvalue weighted by atomic mass is 10.1. The van der Waals surface area contributed by atoms with E-state index in [4.69, 9.17) is 9.84 Å². The largest absolute Gasteiger partial charge is 0.480 e. The Morgan fingerprint density at radius 1 is 1.27 bits per heavy atom. The first kappa shape index (κ1) is 19.3. The van der Waals surface area contributed by atoms with E-state index >= 15 is 0 Å². The summed E-state index contributed by atoms with van der Waals surface area (Å²) in [6.45, 7) is -0.0566. The number of H-pyrrole nitrogens is 1. The van der Waals surface area contributed by atoms with Crippen LogP contribution in [0.4, 0.5) is 18.0 Å². The molecule has 0 radical (unpaired) electrons. The predicted molar refractivity (Wildman–Crippen MR) is 83.1 cm³/mol. The number of ether oxygens (including phenoxy) is 1.